The summed E-state index contributed by atoms with van der Waals surface area (Å²) < 4.78 is 48.4. The predicted molar refractivity (Wildman–Crippen MR) is 144 cm³/mol. The van der Waals surface area contributed by atoms with Crippen LogP contribution in [0.2, 0.25) is 0 Å². The summed E-state index contributed by atoms with van der Waals surface area (Å²) in [5.41, 5.74) is 6.14. The van der Waals surface area contributed by atoms with Gasteiger partial charge >= 0.3 is 6.36 Å². The number of para-hydroxylation sites is 1. The molecule has 0 unspecified atom stereocenters. The number of carbonyl (C=O) groups excluding carboxylic acids is 3. The number of halogens is 3. The van der Waals surface area contributed by atoms with Crippen LogP contribution < -0.4 is 21.1 Å². The van der Waals surface area contributed by atoms with Crippen molar-refractivity contribution in [3.63, 3.8) is 0 Å². The third-order valence-corrected chi connectivity index (χ3v) is 7.02. The van der Waals surface area contributed by atoms with Gasteiger partial charge in [0.05, 0.1) is 19.2 Å². The number of likely N-dealkylation sites (tertiary alicyclic amines) is 1. The Morgan fingerprint density at radius 2 is 1.71 bits per heavy atom. The fraction of sp³-hybridized carbons (Fsp3) is 0.259. The number of benzene rings is 2. The Balaban J connectivity index is 1.35. The number of nitrogen functional groups attached to an aromatic ring is 1. The fourth-order valence-corrected chi connectivity index (χ4v) is 4.98. The molecule has 3 aromatic rings. The number of nitrogens with two attached hydrogens (primary N) is 1. The Kier molecular flexibility index (Phi) is 9.24. The molecule has 1 aliphatic heterocycles. The van der Waals surface area contributed by atoms with Gasteiger partial charge in [-0.25, -0.2) is 0 Å². The molecule has 2 heterocycles. The number of thiophene rings is 1. The molecule has 0 radical (unpaired) electrons. The van der Waals surface area contributed by atoms with E-state index in [4.69, 9.17) is 15.9 Å². The zero-order valence-electron chi connectivity index (χ0n) is 21.4. The van der Waals surface area contributed by atoms with Crippen LogP contribution in [0.3, 0.4) is 0 Å². The summed E-state index contributed by atoms with van der Waals surface area (Å²) in [4.78, 5) is 40.1. The van der Waals surface area contributed by atoms with Gasteiger partial charge in [0, 0.05) is 34.3 Å². The summed E-state index contributed by atoms with van der Waals surface area (Å²) in [7, 11) is 0. The first-order chi connectivity index (χ1) is 19.5. The van der Waals surface area contributed by atoms with E-state index in [1.807, 2.05) is 18.2 Å². The normalized spacial score (nSPS) is 16.7. The van der Waals surface area contributed by atoms with Gasteiger partial charge in [0.15, 0.2) is 0 Å². The van der Waals surface area contributed by atoms with E-state index in [-0.39, 0.29) is 24.4 Å². The zero-order valence-corrected chi connectivity index (χ0v) is 22.3. The van der Waals surface area contributed by atoms with Crippen LogP contribution in [0, 0.1) is 5.41 Å². The van der Waals surface area contributed by atoms with Gasteiger partial charge in [-0.1, -0.05) is 18.2 Å². The number of nitrogens with zero attached hydrogens (tertiary/aromatic N) is 1. The lowest BCUT2D eigenvalue weighted by atomic mass is 10.1. The molecule has 4 rings (SSSR count). The van der Waals surface area contributed by atoms with Gasteiger partial charge in [-0.2, -0.15) is 0 Å². The Labute approximate surface area is 236 Å². The van der Waals surface area contributed by atoms with Gasteiger partial charge in [-0.15, -0.1) is 24.5 Å². The van der Waals surface area contributed by atoms with E-state index < -0.39 is 49.3 Å². The van der Waals surface area contributed by atoms with Gasteiger partial charge < -0.3 is 26.0 Å². The molecule has 2 aromatic carbocycles. The second-order valence-corrected chi connectivity index (χ2v) is 10.0. The highest BCUT2D eigenvalue weighted by molar-refractivity contribution is 7.10. The van der Waals surface area contributed by atoms with Crippen LogP contribution in [0.1, 0.15) is 27.2 Å². The molecular weight excluding hydrogens is 563 g/mol. The third kappa shape index (κ3) is 8.28. The summed E-state index contributed by atoms with van der Waals surface area (Å²) in [6.07, 6.45) is -6.78. The summed E-state index contributed by atoms with van der Waals surface area (Å²) in [5.74, 6) is -1.05. The van der Waals surface area contributed by atoms with Crippen molar-refractivity contribution in [2.24, 2.45) is 5.73 Å². The van der Waals surface area contributed by atoms with E-state index in [1.165, 1.54) is 23.5 Å². The number of alkyl halides is 3. The van der Waals surface area contributed by atoms with Gasteiger partial charge in [0.25, 0.3) is 5.91 Å². The summed E-state index contributed by atoms with van der Waals surface area (Å²) in [5, 5.41) is 14.1. The highest BCUT2D eigenvalue weighted by Gasteiger charge is 2.44. The highest BCUT2D eigenvalue weighted by Crippen LogP contribution is 2.28. The quantitative estimate of drug-likeness (QED) is 0.211. The molecule has 5 N–H and O–H groups in total. The van der Waals surface area contributed by atoms with Crippen molar-refractivity contribution in [2.45, 2.75) is 31.5 Å². The molecule has 1 saturated heterocycles. The number of amidine groups is 1. The van der Waals surface area contributed by atoms with E-state index in [0.29, 0.717) is 21.9 Å². The molecule has 0 saturated carbocycles. The lowest BCUT2D eigenvalue weighted by Gasteiger charge is -2.24. The van der Waals surface area contributed by atoms with Crippen molar-refractivity contribution < 1.29 is 37.0 Å². The first kappa shape index (κ1) is 29.6. The van der Waals surface area contributed by atoms with Crippen molar-refractivity contribution in [1.29, 1.82) is 5.41 Å². The molecule has 1 aliphatic rings. The van der Waals surface area contributed by atoms with Crippen LogP contribution in [0.25, 0.3) is 0 Å². The van der Waals surface area contributed by atoms with Crippen LogP contribution in [-0.2, 0) is 20.9 Å². The van der Waals surface area contributed by atoms with Crippen LogP contribution >= 0.6 is 11.3 Å². The highest BCUT2D eigenvalue weighted by atomic mass is 32.1. The second kappa shape index (κ2) is 12.8. The summed E-state index contributed by atoms with van der Waals surface area (Å²) in [6.45, 7) is -0.997. The molecule has 1 aromatic heterocycles. The molecule has 14 heteroatoms. The molecule has 1 fully saturated rings. The SMILES string of the molecule is N=C(N)c1csc(CNC(=O)[C@@H]2C[C@@H](OC(F)(F)F)CN2C(=O)CNC(=O)c2ccc(Oc3ccccc3)cc2)c1. The number of carbonyl (C=O) groups is 3. The minimum Gasteiger partial charge on any atom is -0.457 e. The number of hydrogen-bond acceptors (Lipinski definition) is 7. The minimum absolute atomic E-state index is 0.0286. The topological polar surface area (TPSA) is 147 Å². The Hall–Kier alpha value is -4.43. The first-order valence-corrected chi connectivity index (χ1v) is 13.2. The number of nitrogens with one attached hydrogen (secondary N) is 3. The predicted octanol–water partition coefficient (Wildman–Crippen LogP) is 3.38. The average Bonchev–Trinajstić information content (AvgIpc) is 3.58. The number of hydrogen-bond donors (Lipinski definition) is 4. The van der Waals surface area contributed by atoms with Crippen LogP contribution in [0.4, 0.5) is 13.2 Å². The van der Waals surface area contributed by atoms with Gasteiger partial charge in [-0.05, 0) is 42.5 Å². The molecule has 3 amide bonds. The Morgan fingerprint density at radius 1 is 1.02 bits per heavy atom. The lowest BCUT2D eigenvalue weighted by Crippen LogP contribution is -2.48. The monoisotopic (exact) mass is 589 g/mol. The molecular formula is C27H26F3N5O5S. The van der Waals surface area contributed by atoms with E-state index in [9.17, 15) is 27.6 Å². The number of rotatable bonds is 10. The van der Waals surface area contributed by atoms with Crippen molar-refractivity contribution in [3.8, 4) is 11.5 Å². The fourth-order valence-electron chi connectivity index (χ4n) is 4.16. The lowest BCUT2D eigenvalue weighted by molar-refractivity contribution is -0.340. The molecule has 2 atom stereocenters. The molecule has 0 spiro atoms. The van der Waals surface area contributed by atoms with E-state index in [1.54, 1.807) is 35.7 Å². The Bertz CT molecular complexity index is 1400. The van der Waals surface area contributed by atoms with Gasteiger partial charge in [-0.3, -0.25) is 24.5 Å². The molecule has 0 aliphatic carbocycles. The minimum atomic E-state index is -4.95. The van der Waals surface area contributed by atoms with Crippen LogP contribution in [0.15, 0.2) is 66.0 Å². The van der Waals surface area contributed by atoms with Crippen molar-refractivity contribution in [1.82, 2.24) is 15.5 Å². The van der Waals surface area contributed by atoms with E-state index in [2.05, 4.69) is 15.4 Å². The summed E-state index contributed by atoms with van der Waals surface area (Å²) in [6, 6.07) is 15.5. The molecule has 216 valence electrons. The molecule has 0 bridgehead atoms. The first-order valence-electron chi connectivity index (χ1n) is 12.3. The molecule has 10 nitrogen and oxygen atoms in total. The van der Waals surface area contributed by atoms with Crippen molar-refractivity contribution in [3.05, 3.63) is 82.0 Å². The number of amides is 3. The van der Waals surface area contributed by atoms with Crippen molar-refractivity contribution >= 4 is 34.9 Å². The molecule has 41 heavy (non-hydrogen) atoms. The standard InChI is InChI=1S/C27H26F3N5O5S/c28-27(29,30)40-20-11-22(26(38)33-12-21-10-17(15-41-21)24(31)32)35(14-20)23(36)13-34-25(37)16-6-8-19(9-7-16)39-18-4-2-1-3-5-18/h1-10,15,20,22H,11-14H2,(H3,31,32)(H,33,38)(H,34,37)/t20-,22+/m1/s1. The smallest absolute Gasteiger partial charge is 0.457 e. The zero-order chi connectivity index (χ0) is 29.6. The van der Waals surface area contributed by atoms with E-state index >= 15 is 0 Å². The van der Waals surface area contributed by atoms with Gasteiger partial charge in [0.2, 0.25) is 11.8 Å². The van der Waals surface area contributed by atoms with Gasteiger partial charge in [0.1, 0.15) is 23.4 Å². The maximum atomic E-state index is 13.0. The average molecular weight is 590 g/mol. The van der Waals surface area contributed by atoms with E-state index in [0.717, 1.165) is 4.90 Å². The maximum Gasteiger partial charge on any atom is 0.522 e. The number of ether oxygens (including phenoxy) is 2. The van der Waals surface area contributed by atoms with Crippen LogP contribution in [-0.4, -0.2) is 60.1 Å². The second-order valence-electron chi connectivity index (χ2n) is 9.04. The third-order valence-electron chi connectivity index (χ3n) is 6.08. The van der Waals surface area contributed by atoms with Crippen LogP contribution in [0.5, 0.6) is 11.5 Å². The Morgan fingerprint density at radius 3 is 2.34 bits per heavy atom. The largest absolute Gasteiger partial charge is 0.522 e. The van der Waals surface area contributed by atoms with Crippen molar-refractivity contribution in [2.75, 3.05) is 13.1 Å². The maximum absolute atomic E-state index is 13.0. The summed E-state index contributed by atoms with van der Waals surface area (Å²) >= 11 is 1.24.